The van der Waals surface area contributed by atoms with Crippen LogP contribution in [0.3, 0.4) is 0 Å². The van der Waals surface area contributed by atoms with Gasteiger partial charge in [-0.1, -0.05) is 48.5 Å². The van der Waals surface area contributed by atoms with Crippen molar-refractivity contribution in [3.8, 4) is 11.1 Å². The zero-order chi connectivity index (χ0) is 24.0. The minimum Gasteiger partial charge on any atom is -0.479 e. The Kier molecular flexibility index (Phi) is 7.99. The highest BCUT2D eigenvalue weighted by atomic mass is 32.2. The number of amides is 2. The van der Waals surface area contributed by atoms with E-state index in [4.69, 9.17) is 9.84 Å². The number of fused-ring (bicyclic) bond motifs is 3. The van der Waals surface area contributed by atoms with Gasteiger partial charge in [-0.2, -0.15) is 11.8 Å². The molecule has 4 N–H and O–H groups in total. The summed E-state index contributed by atoms with van der Waals surface area (Å²) < 4.78 is 5.50. The molecule has 0 spiro atoms. The molecule has 3 rings (SSSR count). The van der Waals surface area contributed by atoms with Crippen molar-refractivity contribution in [3.05, 3.63) is 59.7 Å². The van der Waals surface area contributed by atoms with E-state index in [0.29, 0.717) is 12.2 Å². The maximum Gasteiger partial charge on any atom is 0.407 e. The quantitative estimate of drug-likeness (QED) is 0.419. The molecule has 176 valence electrons. The lowest BCUT2D eigenvalue weighted by molar-refractivity contribution is -0.156. The standard InChI is InChI=1S/C24H28N2O6S/c1-24(31,22(28)29)14-25-21(27)20(11-12-33-2)26-23(30)32-13-19-17-9-5-3-7-15(17)16-8-4-6-10-18(16)19/h3-10,19-20,31H,11-14H2,1-2H3,(H,25,27)(H,26,30)(H,28,29)/t20-,24?/m0/s1. The Balaban J connectivity index is 1.63. The number of ether oxygens (including phenoxy) is 1. The third-order valence-corrected chi connectivity index (χ3v) is 6.27. The topological polar surface area (TPSA) is 125 Å². The first kappa shape index (κ1) is 24.6. The highest BCUT2D eigenvalue weighted by Crippen LogP contribution is 2.44. The molecule has 0 radical (unpaired) electrons. The number of carbonyl (C=O) groups is 3. The van der Waals surface area contributed by atoms with E-state index in [-0.39, 0.29) is 12.5 Å². The van der Waals surface area contributed by atoms with Gasteiger partial charge in [0.1, 0.15) is 12.6 Å². The van der Waals surface area contributed by atoms with Crippen LogP contribution in [0.1, 0.15) is 30.4 Å². The maximum atomic E-state index is 12.5. The summed E-state index contributed by atoms with van der Waals surface area (Å²) in [6, 6.07) is 15.1. The van der Waals surface area contributed by atoms with Gasteiger partial charge in [-0.05, 0) is 47.6 Å². The van der Waals surface area contributed by atoms with E-state index >= 15 is 0 Å². The summed E-state index contributed by atoms with van der Waals surface area (Å²) in [5.41, 5.74) is 2.29. The van der Waals surface area contributed by atoms with Gasteiger partial charge in [0, 0.05) is 5.92 Å². The SMILES string of the molecule is CSCC[C@H](NC(=O)OCC1c2ccccc2-c2ccccc21)C(=O)NCC(C)(O)C(=O)O. The van der Waals surface area contributed by atoms with Crippen LogP contribution >= 0.6 is 11.8 Å². The second-order valence-corrected chi connectivity index (χ2v) is 9.09. The molecule has 0 aliphatic heterocycles. The largest absolute Gasteiger partial charge is 0.479 e. The number of carboxylic acids is 1. The third kappa shape index (κ3) is 5.85. The Labute approximate surface area is 196 Å². The molecule has 2 aromatic carbocycles. The summed E-state index contributed by atoms with van der Waals surface area (Å²) in [5.74, 6) is -1.55. The fraction of sp³-hybridized carbons (Fsp3) is 0.375. The first-order chi connectivity index (χ1) is 15.7. The van der Waals surface area contributed by atoms with E-state index in [1.807, 2.05) is 54.8 Å². The van der Waals surface area contributed by atoms with Crippen LogP contribution in [-0.2, 0) is 14.3 Å². The first-order valence-electron chi connectivity index (χ1n) is 10.6. The number of carbonyl (C=O) groups excluding carboxylic acids is 2. The van der Waals surface area contributed by atoms with Gasteiger partial charge in [-0.25, -0.2) is 9.59 Å². The Morgan fingerprint density at radius 3 is 2.21 bits per heavy atom. The lowest BCUT2D eigenvalue weighted by Crippen LogP contribution is -2.52. The Bertz CT molecular complexity index is 980. The molecule has 0 saturated carbocycles. The molecule has 2 amide bonds. The van der Waals surface area contributed by atoms with E-state index in [1.165, 1.54) is 11.8 Å². The zero-order valence-corrected chi connectivity index (χ0v) is 19.4. The fourth-order valence-electron chi connectivity index (χ4n) is 3.74. The second-order valence-electron chi connectivity index (χ2n) is 8.10. The van der Waals surface area contributed by atoms with Crippen molar-refractivity contribution in [2.45, 2.75) is 30.9 Å². The second kappa shape index (κ2) is 10.7. The summed E-state index contributed by atoms with van der Waals surface area (Å²) in [6.07, 6.45) is 1.47. The van der Waals surface area contributed by atoms with Crippen molar-refractivity contribution in [2.75, 3.05) is 25.2 Å². The highest BCUT2D eigenvalue weighted by Gasteiger charge is 2.32. The lowest BCUT2D eigenvalue weighted by Gasteiger charge is -2.22. The number of thioether (sulfide) groups is 1. The number of hydrogen-bond donors (Lipinski definition) is 4. The van der Waals surface area contributed by atoms with Crippen molar-refractivity contribution >= 4 is 29.7 Å². The van der Waals surface area contributed by atoms with Crippen LogP contribution in [0.5, 0.6) is 0 Å². The monoisotopic (exact) mass is 472 g/mol. The van der Waals surface area contributed by atoms with E-state index in [9.17, 15) is 19.5 Å². The van der Waals surface area contributed by atoms with Gasteiger partial charge in [0.2, 0.25) is 5.91 Å². The van der Waals surface area contributed by atoms with Crippen LogP contribution in [-0.4, -0.2) is 65.0 Å². The molecule has 1 aliphatic rings. The van der Waals surface area contributed by atoms with Gasteiger partial charge < -0.3 is 25.6 Å². The normalized spacial score (nSPS) is 15.0. The van der Waals surface area contributed by atoms with E-state index in [0.717, 1.165) is 29.2 Å². The molecule has 1 aliphatic carbocycles. The van der Waals surface area contributed by atoms with Crippen molar-refractivity contribution in [1.29, 1.82) is 0 Å². The molecule has 0 heterocycles. The average Bonchev–Trinajstić information content (AvgIpc) is 3.12. The number of carboxylic acid groups (broad SMARTS) is 1. The molecule has 0 saturated heterocycles. The number of aliphatic hydroxyl groups is 1. The van der Waals surface area contributed by atoms with Gasteiger partial charge in [-0.15, -0.1) is 0 Å². The first-order valence-corrected chi connectivity index (χ1v) is 12.0. The van der Waals surface area contributed by atoms with Crippen molar-refractivity contribution in [3.63, 3.8) is 0 Å². The molecule has 0 fully saturated rings. The van der Waals surface area contributed by atoms with Gasteiger partial charge in [-0.3, -0.25) is 4.79 Å². The number of nitrogens with one attached hydrogen (secondary N) is 2. The number of alkyl carbamates (subject to hydrolysis) is 1. The van der Waals surface area contributed by atoms with Gasteiger partial charge in [0.25, 0.3) is 0 Å². The van der Waals surface area contributed by atoms with Crippen LogP contribution in [0, 0.1) is 0 Å². The number of hydrogen-bond acceptors (Lipinski definition) is 6. The molecule has 0 bridgehead atoms. The Hall–Kier alpha value is -3.04. The van der Waals surface area contributed by atoms with Crippen LogP contribution in [0.4, 0.5) is 4.79 Å². The van der Waals surface area contributed by atoms with Crippen molar-refractivity contribution in [1.82, 2.24) is 10.6 Å². The molecule has 2 aromatic rings. The maximum absolute atomic E-state index is 12.5. The Morgan fingerprint density at radius 1 is 1.09 bits per heavy atom. The number of benzene rings is 2. The third-order valence-electron chi connectivity index (χ3n) is 5.63. The number of rotatable bonds is 10. The van der Waals surface area contributed by atoms with E-state index < -0.39 is 36.2 Å². The van der Waals surface area contributed by atoms with E-state index in [1.54, 1.807) is 0 Å². The summed E-state index contributed by atoms with van der Waals surface area (Å²) in [5, 5.41) is 23.8. The van der Waals surface area contributed by atoms with Crippen LogP contribution < -0.4 is 10.6 Å². The van der Waals surface area contributed by atoms with Crippen LogP contribution in [0.25, 0.3) is 11.1 Å². The fourth-order valence-corrected chi connectivity index (χ4v) is 4.22. The summed E-state index contributed by atoms with van der Waals surface area (Å²) in [4.78, 5) is 36.1. The number of aliphatic carboxylic acids is 1. The van der Waals surface area contributed by atoms with Gasteiger partial charge in [0.05, 0.1) is 6.54 Å². The lowest BCUT2D eigenvalue weighted by atomic mass is 9.98. The molecule has 1 unspecified atom stereocenters. The Morgan fingerprint density at radius 2 is 1.67 bits per heavy atom. The minimum atomic E-state index is -2.11. The summed E-state index contributed by atoms with van der Waals surface area (Å²) >= 11 is 1.51. The van der Waals surface area contributed by atoms with E-state index in [2.05, 4.69) is 10.6 Å². The molecule has 33 heavy (non-hydrogen) atoms. The predicted octanol–water partition coefficient (Wildman–Crippen LogP) is 2.60. The smallest absolute Gasteiger partial charge is 0.407 e. The summed E-state index contributed by atoms with van der Waals surface area (Å²) in [6.45, 7) is 0.721. The molecule has 0 aromatic heterocycles. The van der Waals surface area contributed by atoms with Gasteiger partial charge in [0.15, 0.2) is 5.60 Å². The van der Waals surface area contributed by atoms with Crippen LogP contribution in [0.15, 0.2) is 48.5 Å². The highest BCUT2D eigenvalue weighted by molar-refractivity contribution is 7.98. The zero-order valence-electron chi connectivity index (χ0n) is 18.5. The van der Waals surface area contributed by atoms with Crippen molar-refractivity contribution < 1.29 is 29.3 Å². The molecule has 2 atom stereocenters. The van der Waals surface area contributed by atoms with Crippen molar-refractivity contribution in [2.24, 2.45) is 0 Å². The molecular weight excluding hydrogens is 444 g/mol. The average molecular weight is 473 g/mol. The molecule has 8 nitrogen and oxygen atoms in total. The molecular formula is C24H28N2O6S. The van der Waals surface area contributed by atoms with Crippen LogP contribution in [0.2, 0.25) is 0 Å². The molecule has 9 heteroatoms. The minimum absolute atomic E-state index is 0.104. The predicted molar refractivity (Wildman–Crippen MR) is 126 cm³/mol. The van der Waals surface area contributed by atoms with Gasteiger partial charge >= 0.3 is 12.1 Å². The summed E-state index contributed by atoms with van der Waals surface area (Å²) in [7, 11) is 0.